The van der Waals surface area contributed by atoms with E-state index in [0.717, 1.165) is 41.8 Å². The Morgan fingerprint density at radius 3 is 2.19 bits per heavy atom. The van der Waals surface area contributed by atoms with Gasteiger partial charge in [0.25, 0.3) is 0 Å². The molecule has 5 saturated carbocycles. The standard InChI is InChI=1S/C14H17IO/c15-3-6-7-4-1-2-5(4)8(7)10-9(6)11-12(10)14-13(11)16-14/h4-14H,1-3H2. The van der Waals surface area contributed by atoms with Gasteiger partial charge in [-0.3, -0.25) is 0 Å². The summed E-state index contributed by atoms with van der Waals surface area (Å²) in [6, 6.07) is 0. The number of hydrogen-bond acceptors (Lipinski definition) is 1. The molecule has 11 atom stereocenters. The summed E-state index contributed by atoms with van der Waals surface area (Å²) in [4.78, 5) is 0. The number of ether oxygens (including phenoxy) is 1. The minimum absolute atomic E-state index is 0.756. The highest BCUT2D eigenvalue weighted by Crippen LogP contribution is 2.82. The third-order valence-electron chi connectivity index (χ3n) is 7.53. The molecule has 6 fully saturated rings. The summed E-state index contributed by atoms with van der Waals surface area (Å²) in [5, 5.41) is 0. The minimum Gasteiger partial charge on any atom is -0.369 e. The lowest BCUT2D eigenvalue weighted by molar-refractivity contribution is -0.147. The van der Waals surface area contributed by atoms with Crippen molar-refractivity contribution in [3.8, 4) is 0 Å². The van der Waals surface area contributed by atoms with Crippen molar-refractivity contribution in [2.75, 3.05) is 4.43 Å². The first-order chi connectivity index (χ1) is 7.92. The van der Waals surface area contributed by atoms with E-state index in [1.54, 1.807) is 12.8 Å². The lowest BCUT2D eigenvalue weighted by Gasteiger charge is -2.63. The van der Waals surface area contributed by atoms with Crippen LogP contribution in [0.2, 0.25) is 0 Å². The zero-order valence-corrected chi connectivity index (χ0v) is 11.4. The summed E-state index contributed by atoms with van der Waals surface area (Å²) in [7, 11) is 0. The van der Waals surface area contributed by atoms with Gasteiger partial charge in [0.15, 0.2) is 0 Å². The first-order valence-corrected chi connectivity index (χ1v) is 8.66. The lowest BCUT2D eigenvalue weighted by atomic mass is 9.41. The van der Waals surface area contributed by atoms with Crippen molar-refractivity contribution in [3.05, 3.63) is 0 Å². The van der Waals surface area contributed by atoms with Crippen molar-refractivity contribution in [3.63, 3.8) is 0 Å². The van der Waals surface area contributed by atoms with Crippen LogP contribution in [0.1, 0.15) is 12.8 Å². The first kappa shape index (κ1) is 8.73. The smallest absolute Gasteiger partial charge is 0.0879 e. The molecule has 0 bridgehead atoms. The Morgan fingerprint density at radius 1 is 0.812 bits per heavy atom. The number of halogens is 1. The molecule has 2 heteroatoms. The fourth-order valence-electron chi connectivity index (χ4n) is 6.99. The van der Waals surface area contributed by atoms with Crippen LogP contribution in [0.3, 0.4) is 0 Å². The molecule has 16 heavy (non-hydrogen) atoms. The molecule has 6 aliphatic rings. The van der Waals surface area contributed by atoms with Gasteiger partial charge in [-0.2, -0.15) is 0 Å². The summed E-state index contributed by atoms with van der Waals surface area (Å²) >= 11 is 2.67. The van der Waals surface area contributed by atoms with Gasteiger partial charge in [0.05, 0.1) is 12.2 Å². The van der Waals surface area contributed by atoms with E-state index in [4.69, 9.17) is 4.74 Å². The van der Waals surface area contributed by atoms with Crippen molar-refractivity contribution >= 4 is 22.6 Å². The molecular formula is C14H17IO. The van der Waals surface area contributed by atoms with Crippen molar-refractivity contribution in [2.45, 2.75) is 25.0 Å². The van der Waals surface area contributed by atoms with Crippen LogP contribution in [-0.2, 0) is 4.74 Å². The van der Waals surface area contributed by atoms with Crippen LogP contribution in [-0.4, -0.2) is 16.6 Å². The fourth-order valence-corrected chi connectivity index (χ4v) is 8.17. The van der Waals surface area contributed by atoms with Crippen LogP contribution < -0.4 is 0 Å². The molecule has 0 N–H and O–H groups in total. The topological polar surface area (TPSA) is 12.5 Å². The summed E-state index contributed by atoms with van der Waals surface area (Å²) in [6.07, 6.45) is 4.68. The van der Waals surface area contributed by atoms with E-state index >= 15 is 0 Å². The van der Waals surface area contributed by atoms with Gasteiger partial charge in [0.2, 0.25) is 0 Å². The summed E-state index contributed by atoms with van der Waals surface area (Å²) in [5.74, 6) is 10.2. The highest BCUT2D eigenvalue weighted by molar-refractivity contribution is 14.1. The van der Waals surface area contributed by atoms with Crippen LogP contribution in [0.25, 0.3) is 0 Å². The molecule has 0 aromatic rings. The maximum absolute atomic E-state index is 5.83. The third kappa shape index (κ3) is 0.638. The Labute approximate surface area is 110 Å². The van der Waals surface area contributed by atoms with Gasteiger partial charge in [-0.25, -0.2) is 0 Å². The second-order valence-corrected chi connectivity index (χ2v) is 8.13. The minimum atomic E-state index is 0.756. The van der Waals surface area contributed by atoms with Gasteiger partial charge in [0.1, 0.15) is 0 Å². The highest BCUT2D eigenvalue weighted by atomic mass is 127. The predicted molar refractivity (Wildman–Crippen MR) is 68.2 cm³/mol. The third-order valence-corrected chi connectivity index (χ3v) is 8.54. The molecule has 0 aromatic carbocycles. The van der Waals surface area contributed by atoms with Gasteiger partial charge in [0, 0.05) is 4.43 Å². The SMILES string of the molecule is ICC1C2C3CCC3C2C2C1C1C3OC3C12. The molecule has 0 aromatic heterocycles. The second kappa shape index (κ2) is 2.38. The number of rotatable bonds is 1. The molecule has 1 aliphatic heterocycles. The van der Waals surface area contributed by atoms with Crippen molar-refractivity contribution in [1.29, 1.82) is 0 Å². The first-order valence-electron chi connectivity index (χ1n) is 7.13. The van der Waals surface area contributed by atoms with Gasteiger partial charge < -0.3 is 4.74 Å². The van der Waals surface area contributed by atoms with E-state index in [0.29, 0.717) is 0 Å². The highest BCUT2D eigenvalue weighted by Gasteiger charge is 2.83. The average Bonchev–Trinajstić information content (AvgIpc) is 2.83. The van der Waals surface area contributed by atoms with Crippen molar-refractivity contribution in [2.24, 2.45) is 53.3 Å². The average molecular weight is 328 g/mol. The number of hydrogen-bond donors (Lipinski definition) is 0. The van der Waals surface area contributed by atoms with Gasteiger partial charge in [-0.15, -0.1) is 0 Å². The van der Waals surface area contributed by atoms with E-state index in [-0.39, 0.29) is 0 Å². The maximum Gasteiger partial charge on any atom is 0.0879 e. The van der Waals surface area contributed by atoms with Crippen LogP contribution in [0, 0.1) is 53.3 Å². The molecule has 5 aliphatic carbocycles. The molecule has 1 nitrogen and oxygen atoms in total. The van der Waals surface area contributed by atoms with Gasteiger partial charge in [-0.05, 0) is 66.1 Å². The molecular weight excluding hydrogens is 311 g/mol. The quantitative estimate of drug-likeness (QED) is 0.409. The Bertz CT molecular complexity index is 374. The van der Waals surface area contributed by atoms with Gasteiger partial charge >= 0.3 is 0 Å². The summed E-state index contributed by atoms with van der Waals surface area (Å²) < 4.78 is 7.26. The van der Waals surface area contributed by atoms with Crippen molar-refractivity contribution < 1.29 is 4.74 Å². The van der Waals surface area contributed by atoms with Gasteiger partial charge in [-0.1, -0.05) is 22.6 Å². The fraction of sp³-hybridized carbons (Fsp3) is 1.00. The van der Waals surface area contributed by atoms with Crippen LogP contribution >= 0.6 is 22.6 Å². The van der Waals surface area contributed by atoms with Crippen LogP contribution in [0.5, 0.6) is 0 Å². The zero-order valence-electron chi connectivity index (χ0n) is 9.26. The van der Waals surface area contributed by atoms with Crippen LogP contribution in [0.15, 0.2) is 0 Å². The van der Waals surface area contributed by atoms with Crippen molar-refractivity contribution in [1.82, 2.24) is 0 Å². The van der Waals surface area contributed by atoms with E-state index in [1.165, 1.54) is 28.1 Å². The van der Waals surface area contributed by atoms with E-state index < -0.39 is 0 Å². The molecule has 11 unspecified atom stereocenters. The molecule has 86 valence electrons. The van der Waals surface area contributed by atoms with E-state index in [9.17, 15) is 0 Å². The molecule has 6 rings (SSSR count). The zero-order chi connectivity index (χ0) is 10.2. The maximum atomic E-state index is 5.83. The van der Waals surface area contributed by atoms with E-state index in [1.807, 2.05) is 0 Å². The summed E-state index contributed by atoms with van der Waals surface area (Å²) in [6.45, 7) is 0. The Hall–Kier alpha value is 0.690. The monoisotopic (exact) mass is 328 g/mol. The second-order valence-electron chi connectivity index (χ2n) is 7.25. The normalized spacial score (nSPS) is 79.7. The summed E-state index contributed by atoms with van der Waals surface area (Å²) in [5.41, 5.74) is 0. The lowest BCUT2D eigenvalue weighted by Crippen LogP contribution is -2.62. The Balaban J connectivity index is 1.43. The Kier molecular flexibility index (Phi) is 1.30. The van der Waals surface area contributed by atoms with E-state index in [2.05, 4.69) is 22.6 Å². The molecule has 0 amide bonds. The molecule has 1 heterocycles. The number of epoxide rings is 1. The molecule has 1 saturated heterocycles. The predicted octanol–water partition coefficient (Wildman–Crippen LogP) is 2.58. The largest absolute Gasteiger partial charge is 0.369 e. The molecule has 0 radical (unpaired) electrons. The number of fused-ring (bicyclic) bond motifs is 12. The van der Waals surface area contributed by atoms with Crippen LogP contribution in [0.4, 0.5) is 0 Å². The Morgan fingerprint density at radius 2 is 1.50 bits per heavy atom. The molecule has 0 spiro atoms. The number of alkyl halides is 1.